The zero-order chi connectivity index (χ0) is 15.5. The van der Waals surface area contributed by atoms with Gasteiger partial charge in [0.15, 0.2) is 0 Å². The van der Waals surface area contributed by atoms with Gasteiger partial charge in [-0.15, -0.1) is 16.4 Å². The van der Waals surface area contributed by atoms with Crippen LogP contribution in [0.5, 0.6) is 0 Å². The Labute approximate surface area is 130 Å². The average Bonchev–Trinajstić information content (AvgIpc) is 2.98. The summed E-state index contributed by atoms with van der Waals surface area (Å²) in [5.74, 6) is 0.644. The van der Waals surface area contributed by atoms with Crippen molar-refractivity contribution < 1.29 is 0 Å². The monoisotopic (exact) mass is 307 g/mol. The molecule has 0 saturated carbocycles. The number of rotatable bonds is 6. The highest BCUT2D eigenvalue weighted by atomic mass is 32.1. The fourth-order valence-electron chi connectivity index (χ4n) is 1.88. The highest BCUT2D eigenvalue weighted by molar-refractivity contribution is 7.09. The van der Waals surface area contributed by atoms with Crippen LogP contribution in [0.1, 0.15) is 51.0 Å². The third-order valence-corrected chi connectivity index (χ3v) is 4.28. The minimum absolute atomic E-state index is 0.108. The molecule has 0 saturated heterocycles. The lowest BCUT2D eigenvalue weighted by atomic mass is 9.98. The largest absolute Gasteiger partial charge is 0.311 e. The van der Waals surface area contributed by atoms with Gasteiger partial charge in [-0.3, -0.25) is 0 Å². The SMILES string of the molecule is CC(C)CNCc1cn(Cc2csc(C(C)(C)C)n2)nn1. The number of thiazole rings is 1. The van der Waals surface area contributed by atoms with Crippen molar-refractivity contribution in [3.8, 4) is 0 Å². The van der Waals surface area contributed by atoms with Crippen LogP contribution in [-0.4, -0.2) is 26.5 Å². The van der Waals surface area contributed by atoms with E-state index in [0.717, 1.165) is 29.5 Å². The van der Waals surface area contributed by atoms with E-state index in [4.69, 9.17) is 0 Å². The van der Waals surface area contributed by atoms with E-state index in [1.807, 2.05) is 10.9 Å². The van der Waals surface area contributed by atoms with Gasteiger partial charge in [0, 0.05) is 17.3 Å². The van der Waals surface area contributed by atoms with Crippen LogP contribution < -0.4 is 5.32 Å². The maximum absolute atomic E-state index is 4.69. The predicted octanol–water partition coefficient (Wildman–Crippen LogP) is 2.83. The van der Waals surface area contributed by atoms with Crippen LogP contribution >= 0.6 is 11.3 Å². The second-order valence-corrected chi connectivity index (χ2v) is 7.68. The van der Waals surface area contributed by atoms with Crippen molar-refractivity contribution in [3.63, 3.8) is 0 Å². The van der Waals surface area contributed by atoms with Crippen molar-refractivity contribution >= 4 is 11.3 Å². The number of hydrogen-bond donors (Lipinski definition) is 1. The van der Waals surface area contributed by atoms with Gasteiger partial charge in [-0.2, -0.15) is 0 Å². The molecule has 116 valence electrons. The topological polar surface area (TPSA) is 55.6 Å². The smallest absolute Gasteiger partial charge is 0.0982 e. The quantitative estimate of drug-likeness (QED) is 0.891. The maximum atomic E-state index is 4.69. The Morgan fingerprint density at radius 3 is 2.67 bits per heavy atom. The minimum atomic E-state index is 0.108. The first kappa shape index (κ1) is 16.1. The van der Waals surface area contributed by atoms with Gasteiger partial charge in [0.2, 0.25) is 0 Å². The van der Waals surface area contributed by atoms with Crippen molar-refractivity contribution in [2.75, 3.05) is 6.54 Å². The lowest BCUT2D eigenvalue weighted by Gasteiger charge is -2.13. The number of nitrogens with one attached hydrogen (secondary N) is 1. The van der Waals surface area contributed by atoms with Gasteiger partial charge in [0.25, 0.3) is 0 Å². The van der Waals surface area contributed by atoms with Crippen LogP contribution in [-0.2, 0) is 18.5 Å². The first-order valence-electron chi connectivity index (χ1n) is 7.39. The summed E-state index contributed by atoms with van der Waals surface area (Å²) in [4.78, 5) is 4.69. The average molecular weight is 307 g/mol. The van der Waals surface area contributed by atoms with Crippen LogP contribution in [0.4, 0.5) is 0 Å². The molecule has 0 bridgehead atoms. The molecule has 0 atom stereocenters. The molecule has 6 heteroatoms. The highest BCUT2D eigenvalue weighted by Gasteiger charge is 2.18. The summed E-state index contributed by atoms with van der Waals surface area (Å²) >= 11 is 1.71. The molecule has 0 fully saturated rings. The lowest BCUT2D eigenvalue weighted by molar-refractivity contribution is 0.548. The van der Waals surface area contributed by atoms with Crippen molar-refractivity contribution in [2.24, 2.45) is 5.92 Å². The molecule has 0 aromatic carbocycles. The third kappa shape index (κ3) is 4.89. The summed E-state index contributed by atoms with van der Waals surface area (Å²) in [5, 5.41) is 15.0. The van der Waals surface area contributed by atoms with Gasteiger partial charge in [-0.05, 0) is 12.5 Å². The normalized spacial score (nSPS) is 12.3. The van der Waals surface area contributed by atoms with E-state index in [0.29, 0.717) is 12.5 Å². The molecule has 0 amide bonds. The van der Waals surface area contributed by atoms with Crippen molar-refractivity contribution in [1.82, 2.24) is 25.3 Å². The summed E-state index contributed by atoms with van der Waals surface area (Å²) in [6, 6.07) is 0. The molecule has 1 N–H and O–H groups in total. The van der Waals surface area contributed by atoms with Crippen molar-refractivity contribution in [1.29, 1.82) is 0 Å². The Balaban J connectivity index is 1.91. The number of aromatic nitrogens is 4. The molecule has 0 aliphatic heterocycles. The summed E-state index contributed by atoms with van der Waals surface area (Å²) in [6.45, 7) is 13.4. The molecule has 2 aromatic rings. The fourth-order valence-corrected chi connectivity index (χ4v) is 2.77. The van der Waals surface area contributed by atoms with Crippen LogP contribution in [0.25, 0.3) is 0 Å². The maximum Gasteiger partial charge on any atom is 0.0982 e. The van der Waals surface area contributed by atoms with Crippen molar-refractivity contribution in [2.45, 2.75) is 53.1 Å². The second kappa shape index (κ2) is 6.66. The zero-order valence-corrected chi connectivity index (χ0v) is 14.4. The van der Waals surface area contributed by atoms with Crippen molar-refractivity contribution in [3.05, 3.63) is 28.0 Å². The Morgan fingerprint density at radius 2 is 2.05 bits per heavy atom. The van der Waals surface area contributed by atoms with E-state index in [9.17, 15) is 0 Å². The Hall–Kier alpha value is -1.27. The highest BCUT2D eigenvalue weighted by Crippen LogP contribution is 2.25. The molecule has 2 heterocycles. The predicted molar refractivity (Wildman–Crippen MR) is 86.5 cm³/mol. The lowest BCUT2D eigenvalue weighted by Crippen LogP contribution is -2.19. The minimum Gasteiger partial charge on any atom is -0.311 e. The molecular formula is C15H25N5S. The molecule has 21 heavy (non-hydrogen) atoms. The molecule has 0 aliphatic rings. The van der Waals surface area contributed by atoms with E-state index in [-0.39, 0.29) is 5.41 Å². The Bertz CT molecular complexity index is 565. The summed E-state index contributed by atoms with van der Waals surface area (Å²) in [6.07, 6.45) is 1.99. The standard InChI is InChI=1S/C15H25N5S/c1-11(2)6-16-7-12-8-20(19-18-12)9-13-10-21-14(17-13)15(3,4)5/h8,10-11,16H,6-7,9H2,1-5H3. The molecule has 0 aliphatic carbocycles. The molecule has 2 rings (SSSR count). The van der Waals surface area contributed by atoms with E-state index in [1.54, 1.807) is 11.3 Å². The van der Waals surface area contributed by atoms with Crippen LogP contribution in [0.15, 0.2) is 11.6 Å². The second-order valence-electron chi connectivity index (χ2n) is 6.83. The van der Waals surface area contributed by atoms with E-state index in [2.05, 4.69) is 60.6 Å². The van der Waals surface area contributed by atoms with Gasteiger partial charge in [0.05, 0.1) is 29.1 Å². The van der Waals surface area contributed by atoms with Gasteiger partial charge in [0.1, 0.15) is 0 Å². The van der Waals surface area contributed by atoms with Crippen LogP contribution in [0.3, 0.4) is 0 Å². The van der Waals surface area contributed by atoms with E-state index < -0.39 is 0 Å². The molecule has 0 spiro atoms. The zero-order valence-electron chi connectivity index (χ0n) is 13.6. The van der Waals surface area contributed by atoms with Gasteiger partial charge < -0.3 is 5.32 Å². The van der Waals surface area contributed by atoms with Gasteiger partial charge in [-0.25, -0.2) is 9.67 Å². The van der Waals surface area contributed by atoms with Crippen LogP contribution in [0.2, 0.25) is 0 Å². The van der Waals surface area contributed by atoms with E-state index >= 15 is 0 Å². The third-order valence-electron chi connectivity index (χ3n) is 2.96. The first-order valence-corrected chi connectivity index (χ1v) is 8.27. The number of nitrogens with zero attached hydrogens (tertiary/aromatic N) is 4. The summed E-state index contributed by atoms with van der Waals surface area (Å²) in [7, 11) is 0. The number of hydrogen-bond acceptors (Lipinski definition) is 5. The van der Waals surface area contributed by atoms with Gasteiger partial charge >= 0.3 is 0 Å². The summed E-state index contributed by atoms with van der Waals surface area (Å²) in [5.41, 5.74) is 2.13. The molecule has 5 nitrogen and oxygen atoms in total. The molecule has 2 aromatic heterocycles. The summed E-state index contributed by atoms with van der Waals surface area (Å²) < 4.78 is 1.86. The molecule has 0 radical (unpaired) electrons. The Morgan fingerprint density at radius 1 is 1.29 bits per heavy atom. The first-order chi connectivity index (χ1) is 9.84. The van der Waals surface area contributed by atoms with Gasteiger partial charge in [-0.1, -0.05) is 39.8 Å². The fraction of sp³-hybridized carbons (Fsp3) is 0.667. The Kier molecular flexibility index (Phi) is 5.11. The molecular weight excluding hydrogens is 282 g/mol. The van der Waals surface area contributed by atoms with E-state index in [1.165, 1.54) is 0 Å². The molecule has 0 unspecified atom stereocenters. The van der Waals surface area contributed by atoms with Crippen LogP contribution in [0, 0.1) is 5.92 Å².